The molecule has 4 nitrogen and oxygen atoms in total. The van der Waals surface area contributed by atoms with E-state index in [1.807, 2.05) is 26.0 Å². The van der Waals surface area contributed by atoms with E-state index in [1.165, 1.54) is 0 Å². The number of anilines is 1. The fraction of sp³-hybridized carbons (Fsp3) is 0.333. The maximum atomic E-state index is 10.1. The highest BCUT2D eigenvalue weighted by Crippen LogP contribution is 2.35. The number of nitrogens with two attached hydrogens (primary N) is 1. The summed E-state index contributed by atoms with van der Waals surface area (Å²) < 4.78 is 1.65. The van der Waals surface area contributed by atoms with Crippen molar-refractivity contribution in [1.82, 2.24) is 4.57 Å². The molecule has 0 spiro atoms. The van der Waals surface area contributed by atoms with Crippen LogP contribution >= 0.6 is 0 Å². The van der Waals surface area contributed by atoms with Gasteiger partial charge in [-0.2, -0.15) is 0 Å². The van der Waals surface area contributed by atoms with Crippen LogP contribution in [0.5, 0.6) is 5.88 Å². The van der Waals surface area contributed by atoms with Gasteiger partial charge in [-0.15, -0.1) is 0 Å². The molecule has 0 bridgehead atoms. The molecular formula is C12H16N2O2. The zero-order valence-electron chi connectivity index (χ0n) is 9.44. The molecule has 4 N–H and O–H groups in total. The summed E-state index contributed by atoms with van der Waals surface area (Å²) >= 11 is 0. The minimum absolute atomic E-state index is 0.0541. The minimum atomic E-state index is -0.546. The van der Waals surface area contributed by atoms with Crippen molar-refractivity contribution in [3.05, 3.63) is 24.4 Å². The molecule has 0 saturated carbocycles. The predicted molar refractivity (Wildman–Crippen MR) is 64.4 cm³/mol. The van der Waals surface area contributed by atoms with Gasteiger partial charge in [0.1, 0.15) is 0 Å². The molecule has 16 heavy (non-hydrogen) atoms. The van der Waals surface area contributed by atoms with E-state index in [0.717, 1.165) is 5.39 Å². The number of aliphatic hydroxyl groups excluding tert-OH is 1. The molecule has 1 heterocycles. The van der Waals surface area contributed by atoms with Gasteiger partial charge < -0.3 is 20.5 Å². The van der Waals surface area contributed by atoms with Crippen LogP contribution in [0.25, 0.3) is 10.8 Å². The Morgan fingerprint density at radius 2 is 2.06 bits per heavy atom. The number of aromatic hydroxyl groups is 1. The van der Waals surface area contributed by atoms with E-state index in [4.69, 9.17) is 5.73 Å². The monoisotopic (exact) mass is 220 g/mol. The lowest BCUT2D eigenvalue weighted by atomic mass is 10.1. The fourth-order valence-electron chi connectivity index (χ4n) is 1.81. The number of aromatic nitrogens is 1. The highest BCUT2D eigenvalue weighted by Gasteiger charge is 2.23. The Bertz CT molecular complexity index is 529. The van der Waals surface area contributed by atoms with Crippen LogP contribution in [0.2, 0.25) is 0 Å². The summed E-state index contributed by atoms with van der Waals surface area (Å²) in [4.78, 5) is 0. The van der Waals surface area contributed by atoms with Crippen LogP contribution in [0.1, 0.15) is 13.8 Å². The standard InChI is InChI=1S/C12H16N2O2/c1-12(2,7-15)14-6-8-4-3-5-9(13)10(8)11(14)16/h3-6,15-16H,7,13H2,1-2H3. The topological polar surface area (TPSA) is 71.4 Å². The Kier molecular flexibility index (Phi) is 2.31. The number of hydrogen-bond acceptors (Lipinski definition) is 3. The molecule has 0 aliphatic heterocycles. The molecule has 2 aromatic rings. The SMILES string of the molecule is CC(C)(CO)n1cc2cccc(N)c2c1O. The first-order valence-corrected chi connectivity index (χ1v) is 5.17. The van der Waals surface area contributed by atoms with Crippen molar-refractivity contribution >= 4 is 16.5 Å². The zero-order valence-corrected chi connectivity index (χ0v) is 9.44. The van der Waals surface area contributed by atoms with Crippen molar-refractivity contribution in [2.45, 2.75) is 19.4 Å². The number of benzene rings is 1. The van der Waals surface area contributed by atoms with E-state index in [-0.39, 0.29) is 12.5 Å². The van der Waals surface area contributed by atoms with Gasteiger partial charge in [-0.05, 0) is 19.9 Å². The average Bonchev–Trinajstić information content (AvgIpc) is 2.58. The highest BCUT2D eigenvalue weighted by atomic mass is 16.3. The van der Waals surface area contributed by atoms with Gasteiger partial charge in [-0.3, -0.25) is 0 Å². The molecule has 0 aliphatic carbocycles. The van der Waals surface area contributed by atoms with Gasteiger partial charge in [0.15, 0.2) is 0 Å². The van der Waals surface area contributed by atoms with E-state index in [9.17, 15) is 10.2 Å². The Hall–Kier alpha value is -1.68. The lowest BCUT2D eigenvalue weighted by molar-refractivity contribution is 0.155. The van der Waals surface area contributed by atoms with Crippen molar-refractivity contribution in [2.24, 2.45) is 0 Å². The van der Waals surface area contributed by atoms with Crippen molar-refractivity contribution in [3.63, 3.8) is 0 Å². The normalized spacial score (nSPS) is 12.2. The van der Waals surface area contributed by atoms with E-state index in [1.54, 1.807) is 16.8 Å². The van der Waals surface area contributed by atoms with Gasteiger partial charge in [0.05, 0.1) is 17.5 Å². The second-order valence-electron chi connectivity index (χ2n) is 4.60. The zero-order chi connectivity index (χ0) is 11.9. The third kappa shape index (κ3) is 1.42. The van der Waals surface area contributed by atoms with Crippen molar-refractivity contribution < 1.29 is 10.2 Å². The second kappa shape index (κ2) is 3.42. The quantitative estimate of drug-likeness (QED) is 0.674. The maximum Gasteiger partial charge on any atom is 0.201 e. The lowest BCUT2D eigenvalue weighted by Gasteiger charge is -2.24. The van der Waals surface area contributed by atoms with Crippen LogP contribution in [0.15, 0.2) is 24.4 Å². The summed E-state index contributed by atoms with van der Waals surface area (Å²) in [6.45, 7) is 3.64. The van der Waals surface area contributed by atoms with Crippen LogP contribution in [0, 0.1) is 0 Å². The van der Waals surface area contributed by atoms with Gasteiger partial charge in [-0.25, -0.2) is 0 Å². The summed E-state index contributed by atoms with van der Waals surface area (Å²) in [7, 11) is 0. The number of aliphatic hydroxyl groups is 1. The third-order valence-corrected chi connectivity index (χ3v) is 2.89. The number of hydrogen-bond donors (Lipinski definition) is 3. The maximum absolute atomic E-state index is 10.1. The molecule has 0 atom stereocenters. The Labute approximate surface area is 93.9 Å². The first kappa shape index (κ1) is 10.8. The van der Waals surface area contributed by atoms with E-state index < -0.39 is 5.54 Å². The second-order valence-corrected chi connectivity index (χ2v) is 4.60. The van der Waals surface area contributed by atoms with Crippen molar-refractivity contribution in [2.75, 3.05) is 12.3 Å². The molecule has 86 valence electrons. The molecule has 0 saturated heterocycles. The lowest BCUT2D eigenvalue weighted by Crippen LogP contribution is -2.29. The number of nitrogens with zero attached hydrogens (tertiary/aromatic N) is 1. The predicted octanol–water partition coefficient (Wildman–Crippen LogP) is 1.66. The molecule has 0 fully saturated rings. The number of nitrogen functional groups attached to an aromatic ring is 1. The summed E-state index contributed by atoms with van der Waals surface area (Å²) in [5.41, 5.74) is 5.82. The van der Waals surface area contributed by atoms with Gasteiger partial charge in [-0.1, -0.05) is 12.1 Å². The smallest absolute Gasteiger partial charge is 0.201 e. The van der Waals surface area contributed by atoms with E-state index in [2.05, 4.69) is 0 Å². The highest BCUT2D eigenvalue weighted by molar-refractivity contribution is 5.97. The summed E-state index contributed by atoms with van der Waals surface area (Å²) in [6, 6.07) is 5.47. The molecule has 0 amide bonds. The van der Waals surface area contributed by atoms with Gasteiger partial charge in [0.2, 0.25) is 5.88 Å². The van der Waals surface area contributed by atoms with Crippen molar-refractivity contribution in [1.29, 1.82) is 0 Å². The first-order valence-electron chi connectivity index (χ1n) is 5.17. The number of fused-ring (bicyclic) bond motifs is 1. The summed E-state index contributed by atoms with van der Waals surface area (Å²) in [5, 5.41) is 20.9. The molecule has 0 aliphatic rings. The summed E-state index contributed by atoms with van der Waals surface area (Å²) in [6.07, 6.45) is 1.80. The molecule has 0 radical (unpaired) electrons. The van der Waals surface area contributed by atoms with Crippen molar-refractivity contribution in [3.8, 4) is 5.88 Å². The molecular weight excluding hydrogens is 204 g/mol. The van der Waals surface area contributed by atoms with Crippen LogP contribution in [0.4, 0.5) is 5.69 Å². The van der Waals surface area contributed by atoms with Crippen LogP contribution in [0.3, 0.4) is 0 Å². The van der Waals surface area contributed by atoms with E-state index in [0.29, 0.717) is 11.1 Å². The van der Waals surface area contributed by atoms with Crippen LogP contribution in [-0.2, 0) is 5.54 Å². The van der Waals surface area contributed by atoms with Gasteiger partial charge in [0.25, 0.3) is 0 Å². The average molecular weight is 220 g/mol. The number of rotatable bonds is 2. The molecule has 1 aromatic heterocycles. The molecule has 2 rings (SSSR count). The summed E-state index contributed by atoms with van der Waals surface area (Å²) in [5.74, 6) is 0.104. The Morgan fingerprint density at radius 1 is 1.38 bits per heavy atom. The Balaban J connectivity index is 2.75. The fourth-order valence-corrected chi connectivity index (χ4v) is 1.81. The molecule has 1 aromatic carbocycles. The van der Waals surface area contributed by atoms with Crippen LogP contribution in [-0.4, -0.2) is 21.4 Å². The van der Waals surface area contributed by atoms with Gasteiger partial charge in [0, 0.05) is 17.3 Å². The minimum Gasteiger partial charge on any atom is -0.494 e. The third-order valence-electron chi connectivity index (χ3n) is 2.89. The first-order chi connectivity index (χ1) is 7.47. The van der Waals surface area contributed by atoms with E-state index >= 15 is 0 Å². The largest absolute Gasteiger partial charge is 0.494 e. The molecule has 4 heteroatoms. The van der Waals surface area contributed by atoms with Crippen LogP contribution < -0.4 is 5.73 Å². The Morgan fingerprint density at radius 3 is 2.62 bits per heavy atom. The molecule has 0 unspecified atom stereocenters. The van der Waals surface area contributed by atoms with Gasteiger partial charge >= 0.3 is 0 Å².